The van der Waals surface area contributed by atoms with E-state index in [0.717, 1.165) is 5.56 Å². The summed E-state index contributed by atoms with van der Waals surface area (Å²) in [5, 5.41) is 9.30. The Morgan fingerprint density at radius 1 is 1.21 bits per heavy atom. The monoisotopic (exact) mass is 391 g/mol. The molecule has 0 saturated heterocycles. The lowest BCUT2D eigenvalue weighted by atomic mass is 9.80. The Kier molecular flexibility index (Phi) is 8.02. The van der Waals surface area contributed by atoms with Gasteiger partial charge in [-0.1, -0.05) is 12.1 Å². The fourth-order valence-corrected chi connectivity index (χ4v) is 3.32. The van der Waals surface area contributed by atoms with Gasteiger partial charge in [-0.3, -0.25) is 4.79 Å². The first-order valence-electron chi connectivity index (χ1n) is 9.43. The molecule has 3 atom stereocenters. The molecule has 1 aliphatic heterocycles. The van der Waals surface area contributed by atoms with Crippen molar-refractivity contribution >= 4 is 11.9 Å². The van der Waals surface area contributed by atoms with Crippen LogP contribution in [0.15, 0.2) is 36.1 Å². The van der Waals surface area contributed by atoms with Crippen molar-refractivity contribution in [3.05, 3.63) is 47.2 Å². The molecule has 0 bridgehead atoms. The molecule has 7 heteroatoms. The van der Waals surface area contributed by atoms with Gasteiger partial charge in [-0.15, -0.1) is 0 Å². The van der Waals surface area contributed by atoms with Gasteiger partial charge >= 0.3 is 5.97 Å². The van der Waals surface area contributed by atoms with E-state index in [2.05, 4.69) is 0 Å². The topological polar surface area (TPSA) is 85.3 Å². The Bertz CT molecular complexity index is 697. The van der Waals surface area contributed by atoms with Crippen LogP contribution in [0.2, 0.25) is 0 Å². The minimum absolute atomic E-state index is 0.0660. The Labute approximate surface area is 165 Å². The van der Waals surface area contributed by atoms with Crippen LogP contribution in [-0.4, -0.2) is 62.6 Å². The summed E-state index contributed by atoms with van der Waals surface area (Å²) in [6.45, 7) is 2.38. The number of allylic oxidation sites excluding steroid dienone is 1. The highest BCUT2D eigenvalue weighted by Gasteiger charge is 2.38. The van der Waals surface area contributed by atoms with Crippen molar-refractivity contribution in [2.45, 2.75) is 32.0 Å². The second kappa shape index (κ2) is 10.2. The number of carbonyl (C=O) groups excluding carboxylic acids is 2. The van der Waals surface area contributed by atoms with Crippen LogP contribution in [0, 0.1) is 5.92 Å². The molecule has 28 heavy (non-hydrogen) atoms. The molecule has 1 aromatic rings. The number of methoxy groups -OCH3 is 1. The fourth-order valence-electron chi connectivity index (χ4n) is 3.32. The Hall–Kier alpha value is -2.38. The molecule has 1 heterocycles. The fraction of sp³-hybridized carbons (Fsp3) is 0.524. The summed E-state index contributed by atoms with van der Waals surface area (Å²) in [5.41, 5.74) is 1.40. The number of esters is 1. The van der Waals surface area contributed by atoms with Crippen molar-refractivity contribution in [1.29, 1.82) is 0 Å². The summed E-state index contributed by atoms with van der Waals surface area (Å²) in [6.07, 6.45) is 2.49. The predicted molar refractivity (Wildman–Crippen MR) is 104 cm³/mol. The van der Waals surface area contributed by atoms with Gasteiger partial charge in [0, 0.05) is 39.1 Å². The highest BCUT2D eigenvalue weighted by Crippen LogP contribution is 2.39. The van der Waals surface area contributed by atoms with Crippen molar-refractivity contribution in [3.63, 3.8) is 0 Å². The van der Waals surface area contributed by atoms with E-state index in [4.69, 9.17) is 14.2 Å². The number of likely N-dealkylation sites (N-methyl/N-ethyl adjacent to an activating group) is 1. The van der Waals surface area contributed by atoms with Gasteiger partial charge in [0.15, 0.2) is 5.76 Å². The van der Waals surface area contributed by atoms with Crippen molar-refractivity contribution in [2.75, 3.05) is 34.4 Å². The number of rotatable bonds is 8. The van der Waals surface area contributed by atoms with Gasteiger partial charge in [-0.05, 0) is 43.5 Å². The maximum Gasteiger partial charge on any atom is 0.337 e. The van der Waals surface area contributed by atoms with E-state index in [1.54, 1.807) is 26.2 Å². The molecule has 1 aromatic carbocycles. The molecular weight excluding hydrogens is 362 g/mol. The molecule has 0 saturated carbocycles. The zero-order valence-corrected chi connectivity index (χ0v) is 16.9. The minimum Gasteiger partial charge on any atom is -0.465 e. The number of benzene rings is 1. The summed E-state index contributed by atoms with van der Waals surface area (Å²) in [6, 6.07) is 7.12. The maximum absolute atomic E-state index is 12.5. The van der Waals surface area contributed by atoms with E-state index in [0.29, 0.717) is 25.0 Å². The number of carbonyl (C=O) groups is 2. The van der Waals surface area contributed by atoms with Crippen LogP contribution in [0.1, 0.15) is 41.6 Å². The molecule has 1 aliphatic rings. The van der Waals surface area contributed by atoms with Crippen LogP contribution < -0.4 is 0 Å². The lowest BCUT2D eigenvalue weighted by molar-refractivity contribution is -0.169. The standard InChI is InChI=1S/C21H29NO6/c1-5-27-21-16(7-6-12-23)17(13-18(28-21)19(24)22(2)3)14-8-10-15(11-9-14)20(25)26-4/h8-11,13,16-17,21,23H,5-7,12H2,1-4H3/t16-,17+,21+/m0/s1. The third kappa shape index (κ3) is 5.11. The summed E-state index contributed by atoms with van der Waals surface area (Å²) in [7, 11) is 4.68. The SMILES string of the molecule is CCO[C@@H]1OC(C(=O)N(C)C)=C[C@H](c2ccc(C(=O)OC)cc2)[C@@H]1CCCO. The van der Waals surface area contributed by atoms with Gasteiger partial charge in [-0.2, -0.15) is 0 Å². The second-order valence-corrected chi connectivity index (χ2v) is 6.84. The van der Waals surface area contributed by atoms with Crippen LogP contribution in [0.3, 0.4) is 0 Å². The Balaban J connectivity index is 2.43. The summed E-state index contributed by atoms with van der Waals surface area (Å²) in [5.74, 6) is -0.619. The van der Waals surface area contributed by atoms with E-state index in [-0.39, 0.29) is 30.1 Å². The van der Waals surface area contributed by atoms with E-state index in [9.17, 15) is 14.7 Å². The van der Waals surface area contributed by atoms with Gasteiger partial charge in [0.05, 0.1) is 12.7 Å². The van der Waals surface area contributed by atoms with Crippen molar-refractivity contribution in [3.8, 4) is 0 Å². The zero-order chi connectivity index (χ0) is 20.7. The van der Waals surface area contributed by atoms with Crippen molar-refractivity contribution < 1.29 is 28.9 Å². The number of hydrogen-bond acceptors (Lipinski definition) is 6. The number of aliphatic hydroxyl groups is 1. The minimum atomic E-state index is -0.592. The molecular formula is C21H29NO6. The molecule has 1 amide bonds. The number of aliphatic hydroxyl groups excluding tert-OH is 1. The van der Waals surface area contributed by atoms with Crippen LogP contribution in [0.4, 0.5) is 0 Å². The first kappa shape index (κ1) is 21.9. The number of amides is 1. The van der Waals surface area contributed by atoms with E-state index in [1.807, 2.05) is 25.1 Å². The summed E-state index contributed by atoms with van der Waals surface area (Å²) in [4.78, 5) is 25.7. The van der Waals surface area contributed by atoms with Crippen LogP contribution in [-0.2, 0) is 19.0 Å². The Morgan fingerprint density at radius 2 is 1.89 bits per heavy atom. The molecule has 0 aromatic heterocycles. The Morgan fingerprint density at radius 3 is 2.43 bits per heavy atom. The predicted octanol–water partition coefficient (Wildman–Crippen LogP) is 2.31. The van der Waals surface area contributed by atoms with Crippen molar-refractivity contribution in [2.24, 2.45) is 5.92 Å². The highest BCUT2D eigenvalue weighted by molar-refractivity contribution is 5.91. The molecule has 1 N–H and O–H groups in total. The van der Waals surface area contributed by atoms with E-state index >= 15 is 0 Å². The molecule has 0 spiro atoms. The average molecular weight is 391 g/mol. The number of nitrogens with zero attached hydrogens (tertiary/aromatic N) is 1. The van der Waals surface area contributed by atoms with Gasteiger partial charge in [0.2, 0.25) is 6.29 Å². The van der Waals surface area contributed by atoms with E-state index < -0.39 is 12.3 Å². The molecule has 0 fully saturated rings. The molecule has 154 valence electrons. The van der Waals surface area contributed by atoms with Gasteiger partial charge in [0.1, 0.15) is 0 Å². The first-order chi connectivity index (χ1) is 13.4. The van der Waals surface area contributed by atoms with Crippen molar-refractivity contribution in [1.82, 2.24) is 4.90 Å². The lowest BCUT2D eigenvalue weighted by Gasteiger charge is -2.37. The summed E-state index contributed by atoms with van der Waals surface area (Å²) < 4.78 is 16.4. The maximum atomic E-state index is 12.5. The number of ether oxygens (including phenoxy) is 3. The normalized spacial score (nSPS) is 21.5. The number of hydrogen-bond donors (Lipinski definition) is 1. The first-order valence-corrected chi connectivity index (χ1v) is 9.43. The zero-order valence-electron chi connectivity index (χ0n) is 16.9. The van der Waals surface area contributed by atoms with Gasteiger partial charge < -0.3 is 24.2 Å². The molecule has 7 nitrogen and oxygen atoms in total. The average Bonchev–Trinajstić information content (AvgIpc) is 2.71. The van der Waals surface area contributed by atoms with Gasteiger partial charge in [-0.25, -0.2) is 4.79 Å². The van der Waals surface area contributed by atoms with Crippen LogP contribution >= 0.6 is 0 Å². The van der Waals surface area contributed by atoms with Crippen LogP contribution in [0.5, 0.6) is 0 Å². The third-order valence-corrected chi connectivity index (χ3v) is 4.75. The largest absolute Gasteiger partial charge is 0.465 e. The van der Waals surface area contributed by atoms with Gasteiger partial charge in [0.25, 0.3) is 5.91 Å². The molecule has 0 unspecified atom stereocenters. The quantitative estimate of drug-likeness (QED) is 0.685. The van der Waals surface area contributed by atoms with E-state index in [1.165, 1.54) is 12.0 Å². The lowest BCUT2D eigenvalue weighted by Crippen LogP contribution is -2.38. The third-order valence-electron chi connectivity index (χ3n) is 4.75. The summed E-state index contributed by atoms with van der Waals surface area (Å²) >= 11 is 0. The highest BCUT2D eigenvalue weighted by atomic mass is 16.7. The smallest absolute Gasteiger partial charge is 0.337 e. The van der Waals surface area contributed by atoms with Crippen LogP contribution in [0.25, 0.3) is 0 Å². The second-order valence-electron chi connectivity index (χ2n) is 6.84. The molecule has 0 aliphatic carbocycles. The molecule has 2 rings (SSSR count). The molecule has 0 radical (unpaired) electrons.